The van der Waals surface area contributed by atoms with Crippen LogP contribution < -0.4 is 9.64 Å². The molecule has 0 amide bonds. The summed E-state index contributed by atoms with van der Waals surface area (Å²) in [6.45, 7) is 4.84. The largest absolute Gasteiger partial charge is 0.486 e. The Morgan fingerprint density at radius 3 is 2.52 bits per heavy atom. The van der Waals surface area contributed by atoms with Crippen LogP contribution in [0.1, 0.15) is 5.56 Å². The van der Waals surface area contributed by atoms with Crippen molar-refractivity contribution in [2.45, 2.75) is 6.61 Å². The SMILES string of the molecule is CN1CCN(c2ccc[c]c2OCc2ccccc2)CC1. The van der Waals surface area contributed by atoms with Crippen molar-refractivity contribution in [3.05, 3.63) is 60.2 Å². The zero-order chi connectivity index (χ0) is 14.5. The molecule has 3 nitrogen and oxygen atoms in total. The maximum Gasteiger partial charge on any atom is 0.151 e. The highest BCUT2D eigenvalue weighted by atomic mass is 16.5. The molecule has 2 aromatic rings. The van der Waals surface area contributed by atoms with Crippen LogP contribution in [0, 0.1) is 6.07 Å². The summed E-state index contributed by atoms with van der Waals surface area (Å²) in [5.41, 5.74) is 2.33. The molecular formula is C18H21N2O. The van der Waals surface area contributed by atoms with Gasteiger partial charge in [-0.15, -0.1) is 0 Å². The average molecular weight is 281 g/mol. The first-order chi connectivity index (χ1) is 10.3. The minimum Gasteiger partial charge on any atom is -0.486 e. The summed E-state index contributed by atoms with van der Waals surface area (Å²) in [6, 6.07) is 19.6. The van der Waals surface area contributed by atoms with Crippen LogP contribution in [-0.2, 0) is 6.61 Å². The Morgan fingerprint density at radius 1 is 1.00 bits per heavy atom. The van der Waals surface area contributed by atoms with E-state index in [9.17, 15) is 0 Å². The van der Waals surface area contributed by atoms with E-state index in [-0.39, 0.29) is 0 Å². The summed E-state index contributed by atoms with van der Waals surface area (Å²) in [6.07, 6.45) is 0. The Hall–Kier alpha value is -2.00. The molecule has 0 atom stereocenters. The molecule has 0 aliphatic carbocycles. The Morgan fingerprint density at radius 2 is 1.76 bits per heavy atom. The van der Waals surface area contributed by atoms with Crippen LogP contribution in [0.25, 0.3) is 0 Å². The Kier molecular flexibility index (Phi) is 4.41. The minimum atomic E-state index is 0.585. The van der Waals surface area contributed by atoms with Crippen LogP contribution in [0.5, 0.6) is 5.75 Å². The fraction of sp³-hybridized carbons (Fsp3) is 0.333. The molecule has 0 aromatic heterocycles. The topological polar surface area (TPSA) is 15.7 Å². The summed E-state index contributed by atoms with van der Waals surface area (Å²) in [7, 11) is 2.17. The average Bonchev–Trinajstić information content (AvgIpc) is 2.55. The van der Waals surface area contributed by atoms with Crippen LogP contribution >= 0.6 is 0 Å². The highest BCUT2D eigenvalue weighted by molar-refractivity contribution is 5.58. The number of nitrogens with zero attached hydrogens (tertiary/aromatic N) is 2. The van der Waals surface area contributed by atoms with E-state index < -0.39 is 0 Å². The third-order valence-electron chi connectivity index (χ3n) is 3.87. The molecule has 0 unspecified atom stereocenters. The molecule has 1 aliphatic heterocycles. The Labute approximate surface area is 126 Å². The number of ether oxygens (including phenoxy) is 1. The van der Waals surface area contributed by atoms with E-state index in [0.717, 1.165) is 37.6 Å². The van der Waals surface area contributed by atoms with Gasteiger partial charge < -0.3 is 14.5 Å². The summed E-state index contributed by atoms with van der Waals surface area (Å²) < 4.78 is 5.99. The summed E-state index contributed by atoms with van der Waals surface area (Å²) in [5, 5.41) is 0. The van der Waals surface area contributed by atoms with Crippen molar-refractivity contribution in [1.29, 1.82) is 0 Å². The number of hydrogen-bond donors (Lipinski definition) is 0. The maximum absolute atomic E-state index is 5.99. The van der Waals surface area contributed by atoms with Gasteiger partial charge in [-0.25, -0.2) is 0 Å². The second kappa shape index (κ2) is 6.64. The molecule has 1 aliphatic rings. The highest BCUT2D eigenvalue weighted by Crippen LogP contribution is 2.28. The first kappa shape index (κ1) is 14.0. The second-order valence-corrected chi connectivity index (χ2v) is 5.45. The molecule has 0 N–H and O–H groups in total. The van der Waals surface area contributed by atoms with Gasteiger partial charge >= 0.3 is 0 Å². The molecule has 3 rings (SSSR count). The number of anilines is 1. The van der Waals surface area contributed by atoms with Gasteiger partial charge in [0.25, 0.3) is 0 Å². The van der Waals surface area contributed by atoms with E-state index in [1.807, 2.05) is 30.3 Å². The van der Waals surface area contributed by atoms with Gasteiger partial charge in [-0.2, -0.15) is 0 Å². The van der Waals surface area contributed by atoms with E-state index >= 15 is 0 Å². The van der Waals surface area contributed by atoms with Crippen molar-refractivity contribution >= 4 is 5.69 Å². The van der Waals surface area contributed by atoms with E-state index in [1.54, 1.807) is 0 Å². The fourth-order valence-corrected chi connectivity index (χ4v) is 2.55. The predicted molar refractivity (Wildman–Crippen MR) is 85.8 cm³/mol. The molecule has 1 saturated heterocycles. The number of likely N-dealkylation sites (N-methyl/N-ethyl adjacent to an activating group) is 1. The lowest BCUT2D eigenvalue weighted by Crippen LogP contribution is -2.44. The van der Waals surface area contributed by atoms with Gasteiger partial charge in [0.15, 0.2) is 5.75 Å². The predicted octanol–water partition coefficient (Wildman–Crippen LogP) is 2.82. The van der Waals surface area contributed by atoms with Gasteiger partial charge in [-0.3, -0.25) is 0 Å². The van der Waals surface area contributed by atoms with Gasteiger partial charge in [0.05, 0.1) is 5.69 Å². The van der Waals surface area contributed by atoms with Crippen molar-refractivity contribution in [3.8, 4) is 5.75 Å². The molecule has 109 valence electrons. The zero-order valence-corrected chi connectivity index (χ0v) is 12.5. The van der Waals surface area contributed by atoms with E-state index in [4.69, 9.17) is 4.74 Å². The Balaban J connectivity index is 1.70. The van der Waals surface area contributed by atoms with E-state index in [2.05, 4.69) is 41.1 Å². The van der Waals surface area contributed by atoms with Gasteiger partial charge in [0, 0.05) is 32.2 Å². The van der Waals surface area contributed by atoms with Crippen molar-refractivity contribution in [2.75, 3.05) is 38.1 Å². The number of hydrogen-bond acceptors (Lipinski definition) is 3. The van der Waals surface area contributed by atoms with Gasteiger partial charge in [0.2, 0.25) is 0 Å². The lowest BCUT2D eigenvalue weighted by molar-refractivity contribution is 0.296. The molecule has 0 bridgehead atoms. The highest BCUT2D eigenvalue weighted by Gasteiger charge is 2.17. The first-order valence-corrected chi connectivity index (χ1v) is 7.44. The molecular weight excluding hydrogens is 260 g/mol. The van der Waals surface area contributed by atoms with Gasteiger partial charge in [0.1, 0.15) is 6.61 Å². The van der Waals surface area contributed by atoms with Crippen LogP contribution in [0.3, 0.4) is 0 Å². The monoisotopic (exact) mass is 281 g/mol. The molecule has 21 heavy (non-hydrogen) atoms. The first-order valence-electron chi connectivity index (χ1n) is 7.44. The quantitative estimate of drug-likeness (QED) is 0.857. The van der Waals surface area contributed by atoms with E-state index in [0.29, 0.717) is 6.61 Å². The molecule has 1 heterocycles. The number of para-hydroxylation sites is 1. The normalized spacial score (nSPS) is 16.0. The summed E-state index contributed by atoms with van der Waals surface area (Å²) in [5.74, 6) is 0.853. The molecule has 0 saturated carbocycles. The molecule has 1 radical (unpaired) electrons. The summed E-state index contributed by atoms with van der Waals surface area (Å²) >= 11 is 0. The third kappa shape index (κ3) is 3.56. The molecule has 2 aromatic carbocycles. The smallest absolute Gasteiger partial charge is 0.151 e. The molecule has 3 heteroatoms. The number of benzene rings is 2. The zero-order valence-electron chi connectivity index (χ0n) is 12.5. The molecule has 1 fully saturated rings. The number of rotatable bonds is 4. The van der Waals surface area contributed by atoms with Crippen LogP contribution in [0.2, 0.25) is 0 Å². The maximum atomic E-state index is 5.99. The minimum absolute atomic E-state index is 0.585. The Bertz CT molecular complexity index is 562. The lowest BCUT2D eigenvalue weighted by Gasteiger charge is -2.34. The fourth-order valence-electron chi connectivity index (χ4n) is 2.55. The van der Waals surface area contributed by atoms with Crippen molar-refractivity contribution in [3.63, 3.8) is 0 Å². The second-order valence-electron chi connectivity index (χ2n) is 5.45. The van der Waals surface area contributed by atoms with E-state index in [1.165, 1.54) is 5.56 Å². The van der Waals surface area contributed by atoms with Crippen LogP contribution in [-0.4, -0.2) is 38.1 Å². The van der Waals surface area contributed by atoms with Gasteiger partial charge in [-0.1, -0.05) is 42.5 Å². The van der Waals surface area contributed by atoms with Crippen molar-refractivity contribution in [2.24, 2.45) is 0 Å². The van der Waals surface area contributed by atoms with Crippen LogP contribution in [0.4, 0.5) is 5.69 Å². The van der Waals surface area contributed by atoms with Gasteiger partial charge in [-0.05, 0) is 18.7 Å². The molecule has 0 spiro atoms. The van der Waals surface area contributed by atoms with Crippen molar-refractivity contribution in [1.82, 2.24) is 4.90 Å². The standard InChI is InChI=1S/C18H21N2O/c1-19-11-13-20(14-12-19)17-9-5-6-10-18(17)21-15-16-7-3-2-4-8-16/h2-9H,11-15H2,1H3. The third-order valence-corrected chi connectivity index (χ3v) is 3.87. The number of piperazine rings is 1. The summed E-state index contributed by atoms with van der Waals surface area (Å²) in [4.78, 5) is 4.74. The van der Waals surface area contributed by atoms with Crippen molar-refractivity contribution < 1.29 is 4.74 Å². The van der Waals surface area contributed by atoms with Crippen LogP contribution in [0.15, 0.2) is 48.5 Å². The lowest BCUT2D eigenvalue weighted by atomic mass is 10.2.